The molecule has 0 N–H and O–H groups in total. The predicted molar refractivity (Wildman–Crippen MR) is 52.6 cm³/mol. The van der Waals surface area contributed by atoms with E-state index in [2.05, 4.69) is 6.58 Å². The highest BCUT2D eigenvalue weighted by molar-refractivity contribution is 5.93. The van der Waals surface area contributed by atoms with Gasteiger partial charge in [0.15, 0.2) is 5.78 Å². The monoisotopic (exact) mass is 182 g/mol. The average molecular weight is 182 g/mol. The molecule has 1 rings (SSSR count). The molecule has 0 bridgehead atoms. The minimum Gasteiger partial charge on any atom is -0.378 e. The van der Waals surface area contributed by atoms with E-state index in [9.17, 15) is 4.79 Å². The maximum atomic E-state index is 11.2. The number of ketones is 1. The Kier molecular flexibility index (Phi) is 4.16. The summed E-state index contributed by atoms with van der Waals surface area (Å²) < 4.78 is 5.46. The molecule has 2 nitrogen and oxygen atoms in total. The summed E-state index contributed by atoms with van der Waals surface area (Å²) in [6.07, 6.45) is 5.36. The zero-order valence-electron chi connectivity index (χ0n) is 8.34. The lowest BCUT2D eigenvalue weighted by Gasteiger charge is -2.07. The van der Waals surface area contributed by atoms with E-state index < -0.39 is 0 Å². The van der Waals surface area contributed by atoms with E-state index in [4.69, 9.17) is 4.74 Å². The van der Waals surface area contributed by atoms with Gasteiger partial charge in [-0.3, -0.25) is 4.79 Å². The lowest BCUT2D eigenvalue weighted by Crippen LogP contribution is -2.06. The third-order valence-corrected chi connectivity index (χ3v) is 2.43. The fourth-order valence-electron chi connectivity index (χ4n) is 1.58. The lowest BCUT2D eigenvalue weighted by atomic mass is 10.0. The number of Topliss-reactive ketones (excluding diaryl/α,β-unsaturated/α-hetero) is 1. The summed E-state index contributed by atoms with van der Waals surface area (Å²) >= 11 is 0. The van der Waals surface area contributed by atoms with Gasteiger partial charge in [0.25, 0.3) is 0 Å². The van der Waals surface area contributed by atoms with Crippen LogP contribution in [-0.2, 0) is 9.53 Å². The van der Waals surface area contributed by atoms with E-state index in [0.29, 0.717) is 18.1 Å². The molecule has 1 aliphatic heterocycles. The van der Waals surface area contributed by atoms with Crippen molar-refractivity contribution in [3.63, 3.8) is 0 Å². The number of allylic oxidation sites excluding steroid dienone is 1. The molecule has 0 aliphatic carbocycles. The van der Waals surface area contributed by atoms with E-state index in [-0.39, 0.29) is 5.78 Å². The Morgan fingerprint density at radius 1 is 1.62 bits per heavy atom. The first kappa shape index (κ1) is 10.5. The van der Waals surface area contributed by atoms with E-state index >= 15 is 0 Å². The molecule has 0 aromatic rings. The summed E-state index contributed by atoms with van der Waals surface area (Å²) in [6.45, 7) is 6.30. The van der Waals surface area contributed by atoms with Crippen molar-refractivity contribution >= 4 is 5.78 Å². The van der Waals surface area contributed by atoms with Crippen LogP contribution < -0.4 is 0 Å². The fourth-order valence-corrected chi connectivity index (χ4v) is 1.58. The normalized spacial score (nSPS) is 21.8. The van der Waals surface area contributed by atoms with E-state index in [1.807, 2.05) is 0 Å². The highest BCUT2D eigenvalue weighted by Crippen LogP contribution is 2.18. The largest absolute Gasteiger partial charge is 0.378 e. The van der Waals surface area contributed by atoms with Gasteiger partial charge in [-0.1, -0.05) is 6.58 Å². The first-order chi connectivity index (χ1) is 6.20. The molecule has 0 spiro atoms. The second kappa shape index (κ2) is 5.18. The zero-order valence-corrected chi connectivity index (χ0v) is 8.34. The third-order valence-electron chi connectivity index (χ3n) is 2.43. The second-order valence-electron chi connectivity index (χ2n) is 3.73. The molecule has 1 aliphatic rings. The molecule has 1 heterocycles. The van der Waals surface area contributed by atoms with Crippen LogP contribution in [0, 0.1) is 0 Å². The van der Waals surface area contributed by atoms with Gasteiger partial charge in [0, 0.05) is 13.0 Å². The summed E-state index contributed by atoms with van der Waals surface area (Å²) in [5.74, 6) is 0.193. The van der Waals surface area contributed by atoms with Crippen molar-refractivity contribution < 1.29 is 9.53 Å². The van der Waals surface area contributed by atoms with Gasteiger partial charge >= 0.3 is 0 Å². The van der Waals surface area contributed by atoms with E-state index in [1.54, 1.807) is 6.92 Å². The average Bonchev–Trinajstić information content (AvgIpc) is 2.56. The minimum atomic E-state index is 0.193. The highest BCUT2D eigenvalue weighted by atomic mass is 16.5. The van der Waals surface area contributed by atoms with Crippen LogP contribution in [0.25, 0.3) is 0 Å². The molecule has 1 unspecified atom stereocenters. The van der Waals surface area contributed by atoms with Crippen molar-refractivity contribution in [1.82, 2.24) is 0 Å². The summed E-state index contributed by atoms with van der Waals surface area (Å²) in [4.78, 5) is 11.2. The number of carbonyl (C=O) groups excluding carboxylic acids is 1. The van der Waals surface area contributed by atoms with Gasteiger partial charge in [-0.25, -0.2) is 0 Å². The van der Waals surface area contributed by atoms with E-state index in [0.717, 1.165) is 19.4 Å². The maximum absolute atomic E-state index is 11.2. The molecular weight excluding hydrogens is 164 g/mol. The molecule has 0 radical (unpaired) electrons. The van der Waals surface area contributed by atoms with Gasteiger partial charge in [-0.15, -0.1) is 0 Å². The van der Waals surface area contributed by atoms with Crippen LogP contribution >= 0.6 is 0 Å². The Morgan fingerprint density at radius 2 is 2.38 bits per heavy atom. The SMILES string of the molecule is C=C(C)C(=O)CCCC1CCCO1. The molecule has 2 heteroatoms. The van der Waals surface area contributed by atoms with Crippen LogP contribution in [0.3, 0.4) is 0 Å². The number of ether oxygens (including phenoxy) is 1. The summed E-state index contributed by atoms with van der Waals surface area (Å²) in [7, 11) is 0. The predicted octanol–water partition coefficient (Wildman–Crippen LogP) is 2.48. The quantitative estimate of drug-likeness (QED) is 0.610. The van der Waals surface area contributed by atoms with Gasteiger partial charge in [0.1, 0.15) is 0 Å². The first-order valence-corrected chi connectivity index (χ1v) is 5.00. The second-order valence-corrected chi connectivity index (χ2v) is 3.73. The summed E-state index contributed by atoms with van der Waals surface area (Å²) in [5.41, 5.74) is 0.673. The zero-order chi connectivity index (χ0) is 9.68. The summed E-state index contributed by atoms with van der Waals surface area (Å²) in [5, 5.41) is 0. The van der Waals surface area contributed by atoms with Crippen molar-refractivity contribution in [2.24, 2.45) is 0 Å². The van der Waals surface area contributed by atoms with Gasteiger partial charge in [-0.05, 0) is 38.2 Å². The highest BCUT2D eigenvalue weighted by Gasteiger charge is 2.15. The van der Waals surface area contributed by atoms with Gasteiger partial charge < -0.3 is 4.74 Å². The molecule has 13 heavy (non-hydrogen) atoms. The fraction of sp³-hybridized carbons (Fsp3) is 0.727. The van der Waals surface area contributed by atoms with Crippen molar-refractivity contribution in [1.29, 1.82) is 0 Å². The number of hydrogen-bond acceptors (Lipinski definition) is 2. The number of rotatable bonds is 5. The minimum absolute atomic E-state index is 0.193. The topological polar surface area (TPSA) is 26.3 Å². The number of carbonyl (C=O) groups is 1. The Labute approximate surface area is 80.0 Å². The Balaban J connectivity index is 2.06. The standard InChI is InChI=1S/C11H18O2/c1-9(2)11(12)7-3-5-10-6-4-8-13-10/h10H,1,3-8H2,2H3. The van der Waals surface area contributed by atoms with Gasteiger partial charge in [0.2, 0.25) is 0 Å². The molecule has 1 saturated heterocycles. The molecule has 0 aromatic heterocycles. The van der Waals surface area contributed by atoms with Crippen molar-refractivity contribution in [3.05, 3.63) is 12.2 Å². The maximum Gasteiger partial charge on any atom is 0.157 e. The molecule has 0 aromatic carbocycles. The molecular formula is C11H18O2. The van der Waals surface area contributed by atoms with Crippen LogP contribution in [0.2, 0.25) is 0 Å². The van der Waals surface area contributed by atoms with E-state index in [1.165, 1.54) is 12.8 Å². The van der Waals surface area contributed by atoms with Gasteiger partial charge in [-0.2, -0.15) is 0 Å². The van der Waals surface area contributed by atoms with Crippen LogP contribution in [0.1, 0.15) is 39.0 Å². The van der Waals surface area contributed by atoms with Gasteiger partial charge in [0.05, 0.1) is 6.10 Å². The molecule has 1 atom stereocenters. The lowest BCUT2D eigenvalue weighted by molar-refractivity contribution is -0.115. The molecule has 74 valence electrons. The Hall–Kier alpha value is -0.630. The van der Waals surface area contributed by atoms with Crippen LogP contribution in [0.15, 0.2) is 12.2 Å². The van der Waals surface area contributed by atoms with Crippen molar-refractivity contribution in [3.8, 4) is 0 Å². The van der Waals surface area contributed by atoms with Crippen LogP contribution in [0.5, 0.6) is 0 Å². The van der Waals surface area contributed by atoms with Crippen molar-refractivity contribution in [2.75, 3.05) is 6.61 Å². The molecule has 1 fully saturated rings. The summed E-state index contributed by atoms with van der Waals surface area (Å²) in [6, 6.07) is 0. The Morgan fingerprint density at radius 3 is 2.92 bits per heavy atom. The third kappa shape index (κ3) is 3.73. The molecule has 0 amide bonds. The smallest absolute Gasteiger partial charge is 0.157 e. The number of hydrogen-bond donors (Lipinski definition) is 0. The Bertz CT molecular complexity index is 190. The van der Waals surface area contributed by atoms with Crippen molar-refractivity contribution in [2.45, 2.75) is 45.1 Å². The van der Waals surface area contributed by atoms with Crippen LogP contribution in [-0.4, -0.2) is 18.5 Å². The molecule has 0 saturated carbocycles. The first-order valence-electron chi connectivity index (χ1n) is 5.00. The van der Waals surface area contributed by atoms with Crippen LogP contribution in [0.4, 0.5) is 0 Å².